The van der Waals surface area contributed by atoms with Crippen LogP contribution in [0.5, 0.6) is 0 Å². The van der Waals surface area contributed by atoms with Crippen molar-refractivity contribution in [3.05, 3.63) is 24.0 Å². The third-order valence-electron chi connectivity index (χ3n) is 2.19. The van der Waals surface area contributed by atoms with E-state index in [0.717, 1.165) is 18.7 Å². The molecule has 0 spiro atoms. The molecule has 0 aromatic carbocycles. The monoisotopic (exact) mass is 149 g/mol. The van der Waals surface area contributed by atoms with Gasteiger partial charge in [0.15, 0.2) is 0 Å². The fourth-order valence-electron chi connectivity index (χ4n) is 1.37. The quantitative estimate of drug-likeness (QED) is 0.593. The van der Waals surface area contributed by atoms with Gasteiger partial charge in [0.2, 0.25) is 0 Å². The Labute approximate surface area is 65.7 Å². The van der Waals surface area contributed by atoms with Crippen LogP contribution in [0.2, 0.25) is 0 Å². The molecule has 1 N–H and O–H groups in total. The summed E-state index contributed by atoms with van der Waals surface area (Å²) >= 11 is 0. The maximum atomic E-state index is 3.98. The molecular weight excluding hydrogens is 138 g/mol. The first-order valence-corrected chi connectivity index (χ1v) is 3.71. The molecule has 3 heteroatoms. The zero-order chi connectivity index (χ0) is 7.84. The predicted molar refractivity (Wildman–Crippen MR) is 44.0 cm³/mol. The summed E-state index contributed by atoms with van der Waals surface area (Å²) < 4.78 is 0. The minimum Gasteiger partial charge on any atom is -0.374 e. The molecule has 2 heterocycles. The van der Waals surface area contributed by atoms with Gasteiger partial charge in [-0.2, -0.15) is 5.10 Å². The summed E-state index contributed by atoms with van der Waals surface area (Å²) in [6.07, 6.45) is 2.89. The Morgan fingerprint density at radius 1 is 1.73 bits per heavy atom. The number of fused-ring (bicyclic) bond motifs is 1. The van der Waals surface area contributed by atoms with E-state index < -0.39 is 0 Å². The number of H-pyrrole nitrogens is 1. The van der Waals surface area contributed by atoms with Gasteiger partial charge in [-0.25, -0.2) is 0 Å². The molecule has 0 amide bonds. The molecule has 0 aliphatic carbocycles. The highest BCUT2D eigenvalue weighted by atomic mass is 15.2. The van der Waals surface area contributed by atoms with Crippen molar-refractivity contribution >= 4 is 5.70 Å². The Kier molecular flexibility index (Phi) is 1.24. The molecule has 11 heavy (non-hydrogen) atoms. The van der Waals surface area contributed by atoms with Crippen molar-refractivity contribution in [2.45, 2.75) is 6.42 Å². The lowest BCUT2D eigenvalue weighted by molar-refractivity contribution is 0.467. The summed E-state index contributed by atoms with van der Waals surface area (Å²) in [5.74, 6) is 0. The van der Waals surface area contributed by atoms with E-state index in [4.69, 9.17) is 0 Å². The molecule has 0 unspecified atom stereocenters. The number of hydrogen-bond acceptors (Lipinski definition) is 2. The van der Waals surface area contributed by atoms with Crippen LogP contribution in [0.15, 0.2) is 12.8 Å². The number of nitrogens with one attached hydrogen (secondary N) is 1. The van der Waals surface area contributed by atoms with Gasteiger partial charge in [0, 0.05) is 37.0 Å². The normalized spacial score (nSPS) is 16.8. The number of likely N-dealkylation sites (N-methyl/N-ethyl adjacent to an activating group) is 1. The first-order chi connectivity index (χ1) is 5.29. The van der Waals surface area contributed by atoms with E-state index >= 15 is 0 Å². The van der Waals surface area contributed by atoms with Crippen molar-refractivity contribution < 1.29 is 0 Å². The minimum atomic E-state index is 1.04. The van der Waals surface area contributed by atoms with Crippen LogP contribution < -0.4 is 0 Å². The van der Waals surface area contributed by atoms with Crippen molar-refractivity contribution in [3.63, 3.8) is 0 Å². The fraction of sp³-hybridized carbons (Fsp3) is 0.375. The SMILES string of the molecule is C=C1c2cn[nH]c2CCN1C. The molecule has 0 bridgehead atoms. The highest BCUT2D eigenvalue weighted by molar-refractivity contribution is 5.64. The Hall–Kier alpha value is -1.25. The van der Waals surface area contributed by atoms with Crippen LogP contribution in [0.25, 0.3) is 5.70 Å². The molecule has 2 rings (SSSR count). The van der Waals surface area contributed by atoms with Crippen LogP contribution in [0.4, 0.5) is 0 Å². The topological polar surface area (TPSA) is 31.9 Å². The molecule has 0 saturated heterocycles. The molecule has 1 aliphatic rings. The van der Waals surface area contributed by atoms with Gasteiger partial charge in [-0.3, -0.25) is 5.10 Å². The second kappa shape index (κ2) is 2.12. The average molecular weight is 149 g/mol. The second-order valence-corrected chi connectivity index (χ2v) is 2.88. The van der Waals surface area contributed by atoms with Gasteiger partial charge in [-0.1, -0.05) is 6.58 Å². The van der Waals surface area contributed by atoms with Gasteiger partial charge in [0.1, 0.15) is 0 Å². The van der Waals surface area contributed by atoms with Crippen molar-refractivity contribution in [1.82, 2.24) is 15.1 Å². The van der Waals surface area contributed by atoms with Crippen molar-refractivity contribution in [2.75, 3.05) is 13.6 Å². The van der Waals surface area contributed by atoms with Crippen LogP contribution in [-0.4, -0.2) is 28.7 Å². The van der Waals surface area contributed by atoms with Crippen LogP contribution in [0.3, 0.4) is 0 Å². The molecule has 1 aliphatic heterocycles. The Balaban J connectivity index is 2.46. The van der Waals surface area contributed by atoms with Crippen LogP contribution >= 0.6 is 0 Å². The van der Waals surface area contributed by atoms with Crippen LogP contribution in [0, 0.1) is 0 Å². The Morgan fingerprint density at radius 3 is 3.36 bits per heavy atom. The summed E-state index contributed by atoms with van der Waals surface area (Å²) in [6.45, 7) is 5.01. The third-order valence-corrected chi connectivity index (χ3v) is 2.19. The maximum Gasteiger partial charge on any atom is 0.0583 e. The fourth-order valence-corrected chi connectivity index (χ4v) is 1.37. The zero-order valence-electron chi connectivity index (χ0n) is 6.59. The molecule has 3 nitrogen and oxygen atoms in total. The van der Waals surface area contributed by atoms with Gasteiger partial charge in [0.05, 0.1) is 6.20 Å². The van der Waals surface area contributed by atoms with Gasteiger partial charge in [-0.05, 0) is 0 Å². The average Bonchev–Trinajstić information content (AvgIpc) is 2.45. The van der Waals surface area contributed by atoms with Gasteiger partial charge < -0.3 is 4.90 Å². The largest absolute Gasteiger partial charge is 0.374 e. The molecule has 58 valence electrons. The smallest absolute Gasteiger partial charge is 0.0583 e. The highest BCUT2D eigenvalue weighted by Crippen LogP contribution is 2.23. The van der Waals surface area contributed by atoms with Crippen LogP contribution in [0.1, 0.15) is 11.3 Å². The summed E-state index contributed by atoms with van der Waals surface area (Å²) in [5, 5.41) is 6.95. The lowest BCUT2D eigenvalue weighted by Crippen LogP contribution is -2.24. The van der Waals surface area contributed by atoms with Crippen molar-refractivity contribution in [1.29, 1.82) is 0 Å². The number of nitrogens with zero attached hydrogens (tertiary/aromatic N) is 2. The lowest BCUT2D eigenvalue weighted by atomic mass is 10.1. The van der Waals surface area contributed by atoms with E-state index in [1.165, 1.54) is 11.3 Å². The molecule has 1 aromatic heterocycles. The highest BCUT2D eigenvalue weighted by Gasteiger charge is 2.17. The summed E-state index contributed by atoms with van der Waals surface area (Å²) in [5.41, 5.74) is 3.45. The van der Waals surface area contributed by atoms with Crippen molar-refractivity contribution in [3.8, 4) is 0 Å². The molecular formula is C8H11N3. The number of aromatic amines is 1. The summed E-state index contributed by atoms with van der Waals surface area (Å²) in [7, 11) is 2.05. The molecule has 1 aromatic rings. The first kappa shape index (κ1) is 6.46. The molecule has 0 fully saturated rings. The van der Waals surface area contributed by atoms with Gasteiger partial charge >= 0.3 is 0 Å². The summed E-state index contributed by atoms with van der Waals surface area (Å²) in [4.78, 5) is 2.15. The van der Waals surface area contributed by atoms with E-state index in [2.05, 4.69) is 28.7 Å². The lowest BCUT2D eigenvalue weighted by Gasteiger charge is -2.25. The minimum absolute atomic E-state index is 1.04. The van der Waals surface area contributed by atoms with E-state index in [9.17, 15) is 0 Å². The Bertz CT molecular complexity index is 287. The third kappa shape index (κ3) is 0.843. The zero-order valence-corrected chi connectivity index (χ0v) is 6.59. The van der Waals surface area contributed by atoms with Gasteiger partial charge in [-0.15, -0.1) is 0 Å². The Morgan fingerprint density at radius 2 is 2.55 bits per heavy atom. The van der Waals surface area contributed by atoms with E-state index in [1.54, 1.807) is 0 Å². The first-order valence-electron chi connectivity index (χ1n) is 3.71. The molecule has 0 atom stereocenters. The number of hydrogen-bond donors (Lipinski definition) is 1. The van der Waals surface area contributed by atoms with Gasteiger partial charge in [0.25, 0.3) is 0 Å². The number of aromatic nitrogens is 2. The van der Waals surface area contributed by atoms with Crippen molar-refractivity contribution in [2.24, 2.45) is 0 Å². The summed E-state index contributed by atoms with van der Waals surface area (Å²) in [6, 6.07) is 0. The second-order valence-electron chi connectivity index (χ2n) is 2.88. The number of rotatable bonds is 0. The van der Waals surface area contributed by atoms with Crippen LogP contribution in [-0.2, 0) is 6.42 Å². The predicted octanol–water partition coefficient (Wildman–Crippen LogP) is 0.868. The molecule has 0 saturated carbocycles. The molecule has 0 radical (unpaired) electrons. The van der Waals surface area contributed by atoms with E-state index in [-0.39, 0.29) is 0 Å². The maximum absolute atomic E-state index is 3.98. The van der Waals surface area contributed by atoms with E-state index in [1.807, 2.05) is 6.20 Å². The standard InChI is InChI=1S/C8H11N3/c1-6-7-5-9-10-8(7)3-4-11(6)2/h5H,1,3-4H2,2H3,(H,9,10). The van der Waals surface area contributed by atoms with E-state index in [0.29, 0.717) is 0 Å².